The zero-order chi connectivity index (χ0) is 14.4. The molecule has 3 aliphatic carbocycles. The first-order valence-corrected chi connectivity index (χ1v) is 8.18. The minimum absolute atomic E-state index is 0.0349. The Labute approximate surface area is 121 Å². The Balaban J connectivity index is 1.71. The van der Waals surface area contributed by atoms with Crippen LogP contribution in [0.25, 0.3) is 0 Å². The minimum atomic E-state index is -0.408. The number of ether oxygens (including phenoxy) is 1. The Bertz CT molecular complexity index is 419. The van der Waals surface area contributed by atoms with Gasteiger partial charge in [-0.15, -0.1) is 0 Å². The standard InChI is InChI=1S/C17H27NO2/c1-4-5-11-6-9(2)15-13-7-12(16(11)15)8-14(13)20-17(19)10(3)18/h9,11-16H,3-8,18H2,1-2H3. The van der Waals surface area contributed by atoms with Gasteiger partial charge in [0, 0.05) is 0 Å². The van der Waals surface area contributed by atoms with E-state index in [1.54, 1.807) is 0 Å². The first kappa shape index (κ1) is 14.0. The first-order valence-electron chi connectivity index (χ1n) is 8.18. The molecule has 0 saturated heterocycles. The summed E-state index contributed by atoms with van der Waals surface area (Å²) in [5.74, 6) is 4.31. The fourth-order valence-corrected chi connectivity index (χ4v) is 5.71. The van der Waals surface area contributed by atoms with Gasteiger partial charge in [0.05, 0.1) is 0 Å². The third-order valence-corrected chi connectivity index (χ3v) is 6.13. The molecule has 2 bridgehead atoms. The molecule has 3 saturated carbocycles. The van der Waals surface area contributed by atoms with E-state index in [9.17, 15) is 4.79 Å². The van der Waals surface area contributed by atoms with Crippen LogP contribution in [0.3, 0.4) is 0 Å². The highest BCUT2D eigenvalue weighted by atomic mass is 16.5. The maximum atomic E-state index is 11.7. The second kappa shape index (κ2) is 5.09. The van der Waals surface area contributed by atoms with Gasteiger partial charge in [-0.05, 0) is 54.8 Å². The van der Waals surface area contributed by atoms with Crippen molar-refractivity contribution in [1.29, 1.82) is 0 Å². The molecule has 0 radical (unpaired) electrons. The highest BCUT2D eigenvalue weighted by molar-refractivity contribution is 5.86. The number of nitrogens with two attached hydrogens (primary N) is 1. The smallest absolute Gasteiger partial charge is 0.353 e. The number of carbonyl (C=O) groups is 1. The summed E-state index contributed by atoms with van der Waals surface area (Å²) in [7, 11) is 0. The lowest BCUT2D eigenvalue weighted by Crippen LogP contribution is -2.36. The highest BCUT2D eigenvalue weighted by Gasteiger charge is 2.60. The maximum Gasteiger partial charge on any atom is 0.353 e. The Morgan fingerprint density at radius 2 is 2.05 bits per heavy atom. The van der Waals surface area contributed by atoms with Crippen LogP contribution in [0.15, 0.2) is 12.3 Å². The molecular formula is C17H27NO2. The molecule has 2 N–H and O–H groups in total. The van der Waals surface area contributed by atoms with Crippen molar-refractivity contribution in [3.8, 4) is 0 Å². The second-order valence-corrected chi connectivity index (χ2v) is 7.28. The van der Waals surface area contributed by atoms with E-state index in [4.69, 9.17) is 10.5 Å². The van der Waals surface area contributed by atoms with Crippen LogP contribution < -0.4 is 5.73 Å². The van der Waals surface area contributed by atoms with Crippen molar-refractivity contribution in [3.05, 3.63) is 12.3 Å². The van der Waals surface area contributed by atoms with Gasteiger partial charge in [0.2, 0.25) is 0 Å². The van der Waals surface area contributed by atoms with Gasteiger partial charge in [0.25, 0.3) is 0 Å². The summed E-state index contributed by atoms with van der Waals surface area (Å²) >= 11 is 0. The Morgan fingerprint density at radius 1 is 1.30 bits per heavy atom. The van der Waals surface area contributed by atoms with Gasteiger partial charge >= 0.3 is 5.97 Å². The number of hydrogen-bond donors (Lipinski definition) is 1. The number of fused-ring (bicyclic) bond motifs is 5. The van der Waals surface area contributed by atoms with Crippen LogP contribution in [-0.2, 0) is 9.53 Å². The van der Waals surface area contributed by atoms with E-state index in [1.807, 2.05) is 0 Å². The largest absolute Gasteiger partial charge is 0.457 e. The van der Waals surface area contributed by atoms with Crippen LogP contribution in [0.4, 0.5) is 0 Å². The average molecular weight is 277 g/mol. The molecule has 0 aliphatic heterocycles. The third kappa shape index (κ3) is 2.06. The van der Waals surface area contributed by atoms with Crippen LogP contribution in [0.1, 0.15) is 46.0 Å². The van der Waals surface area contributed by atoms with Gasteiger partial charge in [-0.2, -0.15) is 0 Å². The van der Waals surface area contributed by atoms with E-state index in [2.05, 4.69) is 20.4 Å². The summed E-state index contributed by atoms with van der Waals surface area (Å²) in [5.41, 5.74) is 5.47. The van der Waals surface area contributed by atoms with Gasteiger partial charge in [-0.3, -0.25) is 0 Å². The summed E-state index contributed by atoms with van der Waals surface area (Å²) in [4.78, 5) is 11.7. The number of esters is 1. The molecule has 3 fully saturated rings. The third-order valence-electron chi connectivity index (χ3n) is 6.13. The Morgan fingerprint density at radius 3 is 2.70 bits per heavy atom. The van der Waals surface area contributed by atoms with Crippen molar-refractivity contribution in [3.63, 3.8) is 0 Å². The van der Waals surface area contributed by atoms with E-state index < -0.39 is 5.97 Å². The molecule has 20 heavy (non-hydrogen) atoms. The topological polar surface area (TPSA) is 52.3 Å². The summed E-state index contributed by atoms with van der Waals surface area (Å²) in [5, 5.41) is 0. The lowest BCUT2D eigenvalue weighted by Gasteiger charge is -2.35. The molecule has 7 unspecified atom stereocenters. The van der Waals surface area contributed by atoms with Crippen molar-refractivity contribution in [2.24, 2.45) is 41.2 Å². The zero-order valence-corrected chi connectivity index (χ0v) is 12.7. The second-order valence-electron chi connectivity index (χ2n) is 7.28. The fourth-order valence-electron chi connectivity index (χ4n) is 5.71. The summed E-state index contributed by atoms with van der Waals surface area (Å²) in [6.45, 7) is 8.17. The lowest BCUT2D eigenvalue weighted by molar-refractivity contribution is -0.148. The van der Waals surface area contributed by atoms with Crippen LogP contribution in [-0.4, -0.2) is 12.1 Å². The molecule has 7 atom stereocenters. The molecule has 0 amide bonds. The Hall–Kier alpha value is -0.990. The van der Waals surface area contributed by atoms with Gasteiger partial charge < -0.3 is 10.5 Å². The molecule has 112 valence electrons. The molecule has 3 aliphatic rings. The van der Waals surface area contributed by atoms with Gasteiger partial charge in [-0.25, -0.2) is 4.79 Å². The summed E-state index contributed by atoms with van der Waals surface area (Å²) in [6.07, 6.45) is 6.45. The summed E-state index contributed by atoms with van der Waals surface area (Å²) in [6, 6.07) is 0. The number of rotatable bonds is 4. The van der Waals surface area contributed by atoms with Gasteiger partial charge in [0.1, 0.15) is 11.8 Å². The van der Waals surface area contributed by atoms with Crippen molar-refractivity contribution in [2.45, 2.75) is 52.1 Å². The van der Waals surface area contributed by atoms with Gasteiger partial charge in [0.15, 0.2) is 0 Å². The average Bonchev–Trinajstić information content (AvgIpc) is 3.02. The maximum absolute atomic E-state index is 11.7. The van der Waals surface area contributed by atoms with Crippen molar-refractivity contribution >= 4 is 5.97 Å². The van der Waals surface area contributed by atoms with Crippen molar-refractivity contribution in [1.82, 2.24) is 0 Å². The predicted molar refractivity (Wildman–Crippen MR) is 78.6 cm³/mol. The molecule has 0 heterocycles. The quantitative estimate of drug-likeness (QED) is 0.634. The van der Waals surface area contributed by atoms with Crippen LogP contribution in [0, 0.1) is 35.5 Å². The number of hydrogen-bond acceptors (Lipinski definition) is 3. The zero-order valence-electron chi connectivity index (χ0n) is 12.7. The normalized spacial score (nSPS) is 45.4. The summed E-state index contributed by atoms with van der Waals surface area (Å²) < 4.78 is 5.59. The monoisotopic (exact) mass is 277 g/mol. The highest BCUT2D eigenvalue weighted by Crippen LogP contribution is 2.63. The van der Waals surface area contributed by atoms with E-state index in [0.717, 1.165) is 36.0 Å². The molecule has 3 heteroatoms. The molecule has 3 nitrogen and oxygen atoms in total. The van der Waals surface area contributed by atoms with Crippen LogP contribution in [0.2, 0.25) is 0 Å². The molecule has 0 aromatic rings. The molecule has 0 aromatic carbocycles. The fraction of sp³-hybridized carbons (Fsp3) is 0.824. The number of carbonyl (C=O) groups excluding carboxylic acids is 1. The molecule has 3 rings (SSSR count). The lowest BCUT2D eigenvalue weighted by atomic mass is 9.74. The van der Waals surface area contributed by atoms with E-state index in [1.165, 1.54) is 25.7 Å². The van der Waals surface area contributed by atoms with Gasteiger partial charge in [-0.1, -0.05) is 33.3 Å². The minimum Gasteiger partial charge on any atom is -0.457 e. The Kier molecular flexibility index (Phi) is 3.55. The van der Waals surface area contributed by atoms with Crippen LogP contribution in [0.5, 0.6) is 0 Å². The molecule has 0 spiro atoms. The predicted octanol–water partition coefficient (Wildman–Crippen LogP) is 3.10. The van der Waals surface area contributed by atoms with E-state index in [-0.39, 0.29) is 11.8 Å². The van der Waals surface area contributed by atoms with E-state index in [0.29, 0.717) is 5.92 Å². The first-order chi connectivity index (χ1) is 9.52. The van der Waals surface area contributed by atoms with Crippen molar-refractivity contribution < 1.29 is 9.53 Å². The molecular weight excluding hydrogens is 250 g/mol. The van der Waals surface area contributed by atoms with Crippen LogP contribution >= 0.6 is 0 Å². The van der Waals surface area contributed by atoms with Crippen molar-refractivity contribution in [2.75, 3.05) is 0 Å². The van der Waals surface area contributed by atoms with E-state index >= 15 is 0 Å². The SMILES string of the molecule is C=C(N)C(=O)OC1CC2CC1C1C(C)CC(CCC)C21. The molecule has 0 aromatic heterocycles.